The second-order valence-corrected chi connectivity index (χ2v) is 7.52. The van der Waals surface area contributed by atoms with E-state index in [9.17, 15) is 14.4 Å². The lowest BCUT2D eigenvalue weighted by Crippen LogP contribution is -2.28. The fraction of sp³-hybridized carbons (Fsp3) is 0.286. The van der Waals surface area contributed by atoms with Crippen LogP contribution in [-0.2, 0) is 19.1 Å². The molecule has 2 aromatic carbocycles. The third-order valence-electron chi connectivity index (χ3n) is 4.41. The van der Waals surface area contributed by atoms with Gasteiger partial charge in [-0.15, -0.1) is 0 Å². The summed E-state index contributed by atoms with van der Waals surface area (Å²) in [6.07, 6.45) is 0.0254. The summed E-state index contributed by atoms with van der Waals surface area (Å²) < 4.78 is 10.5. The highest BCUT2D eigenvalue weighted by Crippen LogP contribution is 2.27. The van der Waals surface area contributed by atoms with E-state index < -0.39 is 24.4 Å². The Morgan fingerprint density at radius 3 is 2.43 bits per heavy atom. The Kier molecular flexibility index (Phi) is 7.18. The number of nitrogens with zero attached hydrogens (tertiary/aromatic N) is 1. The minimum absolute atomic E-state index is 0.0254. The third-order valence-corrected chi connectivity index (χ3v) is 4.85. The lowest BCUT2D eigenvalue weighted by molar-refractivity contribution is -0.151. The average Bonchev–Trinajstić information content (AvgIpc) is 3.08. The zero-order chi connectivity index (χ0) is 21.7. The van der Waals surface area contributed by atoms with Crippen LogP contribution in [0.15, 0.2) is 42.5 Å². The first-order valence-electron chi connectivity index (χ1n) is 9.31. The number of hydrogen-bond acceptors (Lipinski definition) is 5. The topological polar surface area (TPSA) is 84.9 Å². The number of hydrogen-bond donors (Lipinski definition) is 1. The van der Waals surface area contributed by atoms with E-state index in [1.54, 1.807) is 24.3 Å². The molecule has 9 heteroatoms. The predicted octanol–water partition coefficient (Wildman–Crippen LogP) is 3.93. The lowest BCUT2D eigenvalue weighted by Gasteiger charge is -2.17. The number of benzene rings is 2. The molecule has 0 radical (unpaired) electrons. The maximum atomic E-state index is 12.3. The van der Waals surface area contributed by atoms with Gasteiger partial charge < -0.3 is 19.7 Å². The molecule has 1 atom stereocenters. The van der Waals surface area contributed by atoms with Crippen LogP contribution < -0.4 is 15.0 Å². The Morgan fingerprint density at radius 1 is 1.13 bits per heavy atom. The second-order valence-electron chi connectivity index (χ2n) is 6.65. The van der Waals surface area contributed by atoms with Crippen molar-refractivity contribution in [3.63, 3.8) is 0 Å². The van der Waals surface area contributed by atoms with Crippen LogP contribution >= 0.6 is 23.2 Å². The van der Waals surface area contributed by atoms with E-state index in [4.69, 9.17) is 32.7 Å². The maximum Gasteiger partial charge on any atom is 0.311 e. The van der Waals surface area contributed by atoms with Crippen LogP contribution in [-0.4, -0.2) is 37.5 Å². The zero-order valence-electron chi connectivity index (χ0n) is 16.2. The molecular weight excluding hydrogens is 431 g/mol. The van der Waals surface area contributed by atoms with Crippen molar-refractivity contribution >= 4 is 52.4 Å². The Bertz CT molecular complexity index is 929. The van der Waals surface area contributed by atoms with E-state index >= 15 is 0 Å². The van der Waals surface area contributed by atoms with Crippen LogP contribution in [0, 0.1) is 5.92 Å². The van der Waals surface area contributed by atoms with E-state index in [1.807, 2.05) is 6.92 Å². The first-order chi connectivity index (χ1) is 14.4. The van der Waals surface area contributed by atoms with Crippen LogP contribution in [0.3, 0.4) is 0 Å². The number of amides is 2. The number of ether oxygens (including phenoxy) is 2. The van der Waals surface area contributed by atoms with Crippen LogP contribution in [0.1, 0.15) is 13.3 Å². The van der Waals surface area contributed by atoms with E-state index in [1.165, 1.54) is 23.1 Å². The van der Waals surface area contributed by atoms with Crippen molar-refractivity contribution in [2.75, 3.05) is 30.0 Å². The Hall–Kier alpha value is -2.77. The number of carbonyl (C=O) groups excluding carboxylic acids is 3. The monoisotopic (exact) mass is 450 g/mol. The fourth-order valence-corrected chi connectivity index (χ4v) is 3.61. The molecule has 1 N–H and O–H groups in total. The van der Waals surface area contributed by atoms with Crippen molar-refractivity contribution in [2.24, 2.45) is 5.92 Å². The van der Waals surface area contributed by atoms with Crippen LogP contribution in [0.25, 0.3) is 0 Å². The minimum Gasteiger partial charge on any atom is -0.494 e. The maximum absolute atomic E-state index is 12.3. The van der Waals surface area contributed by atoms with Crippen molar-refractivity contribution in [1.29, 1.82) is 0 Å². The molecule has 0 spiro atoms. The summed E-state index contributed by atoms with van der Waals surface area (Å²) in [5.74, 6) is -1.25. The van der Waals surface area contributed by atoms with Gasteiger partial charge in [-0.3, -0.25) is 14.4 Å². The highest BCUT2D eigenvalue weighted by molar-refractivity contribution is 6.35. The molecule has 1 heterocycles. The van der Waals surface area contributed by atoms with Crippen LogP contribution in [0.4, 0.5) is 11.4 Å². The van der Waals surface area contributed by atoms with Gasteiger partial charge in [0.1, 0.15) is 5.75 Å². The van der Waals surface area contributed by atoms with Gasteiger partial charge in [-0.05, 0) is 49.4 Å². The van der Waals surface area contributed by atoms with E-state index in [-0.39, 0.29) is 18.9 Å². The summed E-state index contributed by atoms with van der Waals surface area (Å²) in [5, 5.41) is 3.29. The fourth-order valence-electron chi connectivity index (χ4n) is 3.08. The third kappa shape index (κ3) is 5.64. The van der Waals surface area contributed by atoms with E-state index in [0.717, 1.165) is 0 Å². The Balaban J connectivity index is 1.52. The number of halogens is 2. The molecule has 158 valence electrons. The van der Waals surface area contributed by atoms with Crippen molar-refractivity contribution in [3.8, 4) is 5.75 Å². The van der Waals surface area contributed by atoms with Crippen molar-refractivity contribution in [1.82, 2.24) is 0 Å². The summed E-state index contributed by atoms with van der Waals surface area (Å²) >= 11 is 11.8. The summed E-state index contributed by atoms with van der Waals surface area (Å²) in [6.45, 7) is 2.15. The summed E-state index contributed by atoms with van der Waals surface area (Å²) in [5.41, 5.74) is 1.07. The van der Waals surface area contributed by atoms with Gasteiger partial charge in [0, 0.05) is 34.4 Å². The minimum atomic E-state index is -0.641. The van der Waals surface area contributed by atoms with Gasteiger partial charge in [-0.1, -0.05) is 23.2 Å². The number of esters is 1. The van der Waals surface area contributed by atoms with Gasteiger partial charge in [0.2, 0.25) is 5.91 Å². The largest absolute Gasteiger partial charge is 0.494 e. The smallest absolute Gasteiger partial charge is 0.311 e. The molecule has 1 saturated heterocycles. The molecule has 7 nitrogen and oxygen atoms in total. The summed E-state index contributed by atoms with van der Waals surface area (Å²) in [7, 11) is 0. The molecule has 30 heavy (non-hydrogen) atoms. The molecule has 0 aliphatic carbocycles. The molecule has 0 aromatic heterocycles. The van der Waals surface area contributed by atoms with Gasteiger partial charge in [-0.25, -0.2) is 0 Å². The van der Waals surface area contributed by atoms with E-state index in [2.05, 4.69) is 5.32 Å². The number of nitrogens with one attached hydrogen (secondary N) is 1. The molecule has 3 rings (SSSR count). The zero-order valence-corrected chi connectivity index (χ0v) is 17.7. The summed E-state index contributed by atoms with van der Waals surface area (Å²) in [4.78, 5) is 38.2. The first-order valence-corrected chi connectivity index (χ1v) is 10.1. The standard InChI is InChI=1S/C21H20Cl2N2O5/c1-2-29-18-5-3-17(4-6-18)25-11-13(7-20(25)27)21(28)30-12-19(26)24-16-9-14(22)8-15(23)10-16/h3-6,8-10,13H,2,7,11-12H2,1H3,(H,24,26)/t13-/m1/s1. The van der Waals surface area contributed by atoms with Crippen molar-refractivity contribution in [3.05, 3.63) is 52.5 Å². The van der Waals surface area contributed by atoms with Crippen molar-refractivity contribution in [2.45, 2.75) is 13.3 Å². The SMILES string of the molecule is CCOc1ccc(N2C[C@H](C(=O)OCC(=O)Nc3cc(Cl)cc(Cl)c3)CC2=O)cc1. The van der Waals surface area contributed by atoms with Gasteiger partial charge in [0.15, 0.2) is 6.61 Å². The molecule has 1 aliphatic heterocycles. The summed E-state index contributed by atoms with van der Waals surface area (Å²) in [6, 6.07) is 11.6. The van der Waals surface area contributed by atoms with Crippen LogP contribution in [0.2, 0.25) is 10.0 Å². The number of rotatable bonds is 7. The molecule has 1 aliphatic rings. The van der Waals surface area contributed by atoms with Crippen molar-refractivity contribution < 1.29 is 23.9 Å². The normalized spacial score (nSPS) is 15.8. The van der Waals surface area contributed by atoms with Gasteiger partial charge in [0.05, 0.1) is 12.5 Å². The quantitative estimate of drug-likeness (QED) is 0.645. The lowest BCUT2D eigenvalue weighted by atomic mass is 10.1. The molecule has 0 saturated carbocycles. The predicted molar refractivity (Wildman–Crippen MR) is 114 cm³/mol. The molecular formula is C21H20Cl2N2O5. The average molecular weight is 451 g/mol. The Labute approximate surface area is 183 Å². The highest BCUT2D eigenvalue weighted by atomic mass is 35.5. The van der Waals surface area contributed by atoms with Crippen LogP contribution in [0.5, 0.6) is 5.75 Å². The van der Waals surface area contributed by atoms with Gasteiger partial charge >= 0.3 is 5.97 Å². The first kappa shape index (κ1) is 21.9. The molecule has 1 fully saturated rings. The number of anilines is 2. The molecule has 0 bridgehead atoms. The Morgan fingerprint density at radius 2 is 1.80 bits per heavy atom. The van der Waals surface area contributed by atoms with E-state index in [0.29, 0.717) is 33.8 Å². The molecule has 0 unspecified atom stereocenters. The molecule has 2 aromatic rings. The van der Waals surface area contributed by atoms with Gasteiger partial charge in [-0.2, -0.15) is 0 Å². The molecule has 2 amide bonds. The number of carbonyl (C=O) groups is 3. The highest BCUT2D eigenvalue weighted by Gasteiger charge is 2.36. The van der Waals surface area contributed by atoms with Gasteiger partial charge in [0.25, 0.3) is 5.91 Å². The second kappa shape index (κ2) is 9.82.